The highest BCUT2D eigenvalue weighted by atomic mass is 35.5. The van der Waals surface area contributed by atoms with Crippen LogP contribution < -0.4 is 4.90 Å². The van der Waals surface area contributed by atoms with Gasteiger partial charge in [-0.15, -0.1) is 0 Å². The molecule has 1 aliphatic heterocycles. The molecular formula is C25H21ClF3NO2. The Hall–Kier alpha value is -2.99. The van der Waals surface area contributed by atoms with E-state index in [-0.39, 0.29) is 12.6 Å². The predicted octanol–water partition coefficient (Wildman–Crippen LogP) is 6.84. The van der Waals surface area contributed by atoms with Crippen molar-refractivity contribution in [3.05, 3.63) is 94.0 Å². The zero-order valence-electron chi connectivity index (χ0n) is 17.3. The van der Waals surface area contributed by atoms with Crippen LogP contribution in [0.25, 0.3) is 0 Å². The van der Waals surface area contributed by atoms with E-state index in [2.05, 4.69) is 0 Å². The van der Waals surface area contributed by atoms with Gasteiger partial charge in [0.15, 0.2) is 0 Å². The minimum atomic E-state index is -4.40. The van der Waals surface area contributed by atoms with Crippen LogP contribution >= 0.6 is 11.6 Å². The molecule has 0 aromatic heterocycles. The zero-order chi connectivity index (χ0) is 22.9. The van der Waals surface area contributed by atoms with Gasteiger partial charge < -0.3 is 9.64 Å². The van der Waals surface area contributed by atoms with Gasteiger partial charge in [0.05, 0.1) is 17.7 Å². The number of carbonyl (C=O) groups is 1. The van der Waals surface area contributed by atoms with Crippen LogP contribution in [0.5, 0.6) is 0 Å². The summed E-state index contributed by atoms with van der Waals surface area (Å²) >= 11 is 6.00. The average molecular weight is 460 g/mol. The van der Waals surface area contributed by atoms with Gasteiger partial charge in [-0.05, 0) is 79.4 Å². The molecule has 0 aliphatic carbocycles. The Kier molecular flexibility index (Phi) is 6.15. The molecule has 0 amide bonds. The number of hydrogen-bond acceptors (Lipinski definition) is 3. The van der Waals surface area contributed by atoms with Crippen LogP contribution in [0.1, 0.15) is 34.0 Å². The van der Waals surface area contributed by atoms with E-state index in [1.165, 1.54) is 12.1 Å². The Morgan fingerprint density at radius 2 is 1.84 bits per heavy atom. The van der Waals surface area contributed by atoms with Crippen LogP contribution in [0.15, 0.2) is 66.7 Å². The molecule has 1 unspecified atom stereocenters. The number of halogens is 4. The van der Waals surface area contributed by atoms with Crippen molar-refractivity contribution >= 4 is 28.9 Å². The summed E-state index contributed by atoms with van der Waals surface area (Å²) in [6, 6.07) is 18.1. The molecule has 0 N–H and O–H groups in total. The maximum atomic E-state index is 13.3. The second kappa shape index (κ2) is 8.87. The van der Waals surface area contributed by atoms with E-state index in [0.29, 0.717) is 34.7 Å². The molecule has 0 fully saturated rings. The lowest BCUT2D eigenvalue weighted by molar-refractivity contribution is -0.137. The van der Waals surface area contributed by atoms with E-state index in [0.717, 1.165) is 17.3 Å². The maximum absolute atomic E-state index is 13.3. The zero-order valence-corrected chi connectivity index (χ0v) is 18.1. The van der Waals surface area contributed by atoms with Crippen LogP contribution in [0.4, 0.5) is 24.5 Å². The monoisotopic (exact) mass is 459 g/mol. The van der Waals surface area contributed by atoms with Crippen LogP contribution in [0.2, 0.25) is 5.02 Å². The van der Waals surface area contributed by atoms with Gasteiger partial charge in [0.2, 0.25) is 0 Å². The fraction of sp³-hybridized carbons (Fsp3) is 0.240. The molecule has 7 heteroatoms. The molecule has 0 saturated heterocycles. The molecule has 3 aromatic rings. The fourth-order valence-corrected chi connectivity index (χ4v) is 4.23. The molecule has 3 nitrogen and oxygen atoms in total. The van der Waals surface area contributed by atoms with Gasteiger partial charge in [0.25, 0.3) is 0 Å². The van der Waals surface area contributed by atoms with Gasteiger partial charge in [-0.1, -0.05) is 29.8 Å². The number of anilines is 2. The standard InChI is InChI=1S/C25H21ClF3NO2/c1-2-32-24(31)17-4-3-5-21(14-17)30-22(12-16-6-9-20(26)10-7-16)15-18-13-19(25(27,28)29)8-11-23(18)30/h3-11,13-14,22H,2,12,15H2,1H3. The van der Waals surface area contributed by atoms with E-state index >= 15 is 0 Å². The Morgan fingerprint density at radius 3 is 2.53 bits per heavy atom. The molecule has 0 bridgehead atoms. The number of rotatable bonds is 5. The number of benzene rings is 3. The quantitative estimate of drug-likeness (QED) is 0.391. The van der Waals surface area contributed by atoms with E-state index < -0.39 is 17.7 Å². The van der Waals surface area contributed by atoms with Crippen LogP contribution in [-0.4, -0.2) is 18.6 Å². The number of carbonyl (C=O) groups excluding carboxylic acids is 1. The molecule has 0 spiro atoms. The third-order valence-corrected chi connectivity index (χ3v) is 5.76. The van der Waals surface area contributed by atoms with Crippen molar-refractivity contribution in [1.82, 2.24) is 0 Å². The lowest BCUT2D eigenvalue weighted by Gasteiger charge is -2.28. The predicted molar refractivity (Wildman–Crippen MR) is 119 cm³/mol. The summed E-state index contributed by atoms with van der Waals surface area (Å²) in [5, 5.41) is 0.622. The van der Waals surface area contributed by atoms with Crippen molar-refractivity contribution in [2.24, 2.45) is 0 Å². The minimum absolute atomic E-state index is 0.118. The number of alkyl halides is 3. The van der Waals surface area contributed by atoms with Crippen LogP contribution in [-0.2, 0) is 23.8 Å². The maximum Gasteiger partial charge on any atom is 0.416 e. The fourth-order valence-electron chi connectivity index (χ4n) is 4.11. The summed E-state index contributed by atoms with van der Waals surface area (Å²) in [6.07, 6.45) is -3.35. The number of hydrogen-bond donors (Lipinski definition) is 0. The van der Waals surface area contributed by atoms with E-state index in [1.807, 2.05) is 23.1 Å². The summed E-state index contributed by atoms with van der Waals surface area (Å²) in [4.78, 5) is 14.2. The summed E-state index contributed by atoms with van der Waals surface area (Å²) in [5.74, 6) is -0.435. The lowest BCUT2D eigenvalue weighted by atomic mass is 10.0. The second-order valence-electron chi connectivity index (χ2n) is 7.67. The van der Waals surface area contributed by atoms with Gasteiger partial charge >= 0.3 is 12.1 Å². The van der Waals surface area contributed by atoms with Crippen molar-refractivity contribution in [3.63, 3.8) is 0 Å². The molecule has 3 aromatic carbocycles. The van der Waals surface area contributed by atoms with Gasteiger partial charge in [-0.25, -0.2) is 4.79 Å². The third-order valence-electron chi connectivity index (χ3n) is 5.51. The summed E-state index contributed by atoms with van der Waals surface area (Å²) in [5.41, 5.74) is 2.82. The molecule has 0 radical (unpaired) electrons. The molecule has 1 heterocycles. The van der Waals surface area contributed by atoms with Crippen molar-refractivity contribution in [2.45, 2.75) is 32.0 Å². The molecule has 166 valence electrons. The Bertz CT molecular complexity index is 1130. The minimum Gasteiger partial charge on any atom is -0.462 e. The number of nitrogens with zero attached hydrogens (tertiary/aromatic N) is 1. The SMILES string of the molecule is CCOC(=O)c1cccc(N2c3ccc(C(F)(F)F)cc3CC2Cc2ccc(Cl)cc2)c1. The average Bonchev–Trinajstić information content (AvgIpc) is 3.12. The van der Waals surface area contributed by atoms with Gasteiger partial charge in [0.1, 0.15) is 0 Å². The van der Waals surface area contributed by atoms with E-state index in [4.69, 9.17) is 16.3 Å². The molecule has 32 heavy (non-hydrogen) atoms. The molecule has 1 atom stereocenters. The molecular weight excluding hydrogens is 439 g/mol. The van der Waals surface area contributed by atoms with Crippen LogP contribution in [0.3, 0.4) is 0 Å². The number of fused-ring (bicyclic) bond motifs is 1. The lowest BCUT2D eigenvalue weighted by Crippen LogP contribution is -2.29. The van der Waals surface area contributed by atoms with Crippen molar-refractivity contribution in [3.8, 4) is 0 Å². The third kappa shape index (κ3) is 4.60. The first-order valence-electron chi connectivity index (χ1n) is 10.3. The molecule has 0 saturated carbocycles. The highest BCUT2D eigenvalue weighted by Crippen LogP contribution is 2.42. The van der Waals surface area contributed by atoms with Gasteiger partial charge in [-0.2, -0.15) is 13.2 Å². The largest absolute Gasteiger partial charge is 0.462 e. The summed E-state index contributed by atoms with van der Waals surface area (Å²) < 4.78 is 45.0. The Balaban J connectivity index is 1.74. The highest BCUT2D eigenvalue weighted by molar-refractivity contribution is 6.30. The van der Waals surface area contributed by atoms with Crippen molar-refractivity contribution in [2.75, 3.05) is 11.5 Å². The Labute approximate surface area is 189 Å². The molecule has 1 aliphatic rings. The Morgan fingerprint density at radius 1 is 1.09 bits per heavy atom. The van der Waals surface area contributed by atoms with E-state index in [9.17, 15) is 18.0 Å². The van der Waals surface area contributed by atoms with E-state index in [1.54, 1.807) is 37.3 Å². The highest BCUT2D eigenvalue weighted by Gasteiger charge is 2.35. The second-order valence-corrected chi connectivity index (χ2v) is 8.11. The number of ether oxygens (including phenoxy) is 1. The van der Waals surface area contributed by atoms with Gasteiger partial charge in [-0.3, -0.25) is 0 Å². The van der Waals surface area contributed by atoms with Crippen molar-refractivity contribution < 1.29 is 22.7 Å². The molecule has 4 rings (SSSR count). The van der Waals surface area contributed by atoms with Crippen LogP contribution in [0, 0.1) is 0 Å². The summed E-state index contributed by atoms with van der Waals surface area (Å²) in [6.45, 7) is 1.99. The first-order valence-corrected chi connectivity index (χ1v) is 10.6. The summed E-state index contributed by atoms with van der Waals surface area (Å²) in [7, 11) is 0. The van der Waals surface area contributed by atoms with Crippen molar-refractivity contribution in [1.29, 1.82) is 0 Å². The number of esters is 1. The first kappa shape index (κ1) is 22.2. The first-order chi connectivity index (χ1) is 15.3. The normalized spacial score (nSPS) is 15.5. The topological polar surface area (TPSA) is 29.5 Å². The van der Waals surface area contributed by atoms with Gasteiger partial charge in [0, 0.05) is 22.4 Å². The smallest absolute Gasteiger partial charge is 0.416 e.